The predicted molar refractivity (Wildman–Crippen MR) is 112 cm³/mol. The van der Waals surface area contributed by atoms with Crippen molar-refractivity contribution in [3.05, 3.63) is 89.0 Å². The van der Waals surface area contributed by atoms with Gasteiger partial charge in [0, 0.05) is 11.5 Å². The highest BCUT2D eigenvalue weighted by Gasteiger charge is 2.37. The van der Waals surface area contributed by atoms with E-state index in [1.165, 1.54) is 0 Å². The number of amides is 1. The fourth-order valence-electron chi connectivity index (χ4n) is 4.01. The van der Waals surface area contributed by atoms with E-state index in [0.717, 1.165) is 22.3 Å². The van der Waals surface area contributed by atoms with E-state index in [0.29, 0.717) is 12.1 Å². The molecule has 0 spiro atoms. The number of ether oxygens (including phenoxy) is 2. The number of carbonyl (C=O) groups is 2. The Balaban J connectivity index is 1.53. The number of carbonyl (C=O) groups excluding carboxylic acids is 1. The molecule has 0 saturated heterocycles. The van der Waals surface area contributed by atoms with E-state index in [9.17, 15) is 36.6 Å². The summed E-state index contributed by atoms with van der Waals surface area (Å²) in [7, 11) is 0. The molecule has 0 aromatic heterocycles. The first kappa shape index (κ1) is 24.0. The lowest BCUT2D eigenvalue weighted by Gasteiger charge is -2.19. The lowest BCUT2D eigenvalue weighted by Crippen LogP contribution is -2.35. The number of rotatable bonds is 6. The summed E-state index contributed by atoms with van der Waals surface area (Å²) in [5.74, 6) is -7.63. The van der Waals surface area contributed by atoms with Crippen molar-refractivity contribution < 1.29 is 46.1 Å². The van der Waals surface area contributed by atoms with Gasteiger partial charge in [-0.05, 0) is 28.3 Å². The Morgan fingerprint density at radius 1 is 0.943 bits per heavy atom. The summed E-state index contributed by atoms with van der Waals surface area (Å²) in [6, 6.07) is 13.7. The second-order valence-corrected chi connectivity index (χ2v) is 7.57. The predicted octanol–water partition coefficient (Wildman–Crippen LogP) is 5.53. The monoisotopic (exact) mass is 493 g/mol. The van der Waals surface area contributed by atoms with E-state index in [-0.39, 0.29) is 12.5 Å². The zero-order valence-corrected chi connectivity index (χ0v) is 17.6. The fraction of sp³-hybridized carbons (Fsp3) is 0.167. The molecule has 0 bridgehead atoms. The van der Waals surface area contributed by atoms with Crippen LogP contribution in [0.4, 0.5) is 26.7 Å². The molecule has 1 unspecified atom stereocenters. The van der Waals surface area contributed by atoms with Crippen molar-refractivity contribution in [2.24, 2.45) is 0 Å². The molecule has 0 saturated carbocycles. The van der Waals surface area contributed by atoms with Crippen molar-refractivity contribution in [3.63, 3.8) is 0 Å². The summed E-state index contributed by atoms with van der Waals surface area (Å²) < 4.78 is 74.3. The Bertz CT molecular complexity index is 1250. The third kappa shape index (κ3) is 4.88. The molecular formula is C24H16F5NO5. The van der Waals surface area contributed by atoms with Crippen LogP contribution >= 0.6 is 0 Å². The van der Waals surface area contributed by atoms with Crippen molar-refractivity contribution in [2.45, 2.75) is 18.3 Å². The molecule has 6 nitrogen and oxygen atoms in total. The summed E-state index contributed by atoms with van der Waals surface area (Å²) in [6.45, 7) is -0.194. The first-order valence-corrected chi connectivity index (χ1v) is 10.1. The van der Waals surface area contributed by atoms with E-state index in [4.69, 9.17) is 4.74 Å². The Labute approximate surface area is 194 Å². The average molecular weight is 493 g/mol. The van der Waals surface area contributed by atoms with Gasteiger partial charge in [-0.15, -0.1) is 13.2 Å². The highest BCUT2D eigenvalue weighted by Crippen LogP contribution is 2.44. The van der Waals surface area contributed by atoms with Gasteiger partial charge in [0.1, 0.15) is 6.61 Å². The maximum absolute atomic E-state index is 14.6. The van der Waals surface area contributed by atoms with Gasteiger partial charge in [0.25, 0.3) is 0 Å². The maximum atomic E-state index is 14.6. The summed E-state index contributed by atoms with van der Waals surface area (Å²) in [5.41, 5.74) is 2.72. The molecule has 3 aromatic carbocycles. The number of carboxylic acids is 1. The molecule has 4 rings (SSSR count). The lowest BCUT2D eigenvalue weighted by molar-refractivity contribution is -0.276. The summed E-state index contributed by atoms with van der Waals surface area (Å²) in [6.07, 6.45) is -6.69. The molecule has 0 heterocycles. The first-order valence-electron chi connectivity index (χ1n) is 10.1. The van der Waals surface area contributed by atoms with Gasteiger partial charge in [-0.25, -0.2) is 18.4 Å². The first-order chi connectivity index (χ1) is 16.6. The van der Waals surface area contributed by atoms with Gasteiger partial charge >= 0.3 is 18.4 Å². The van der Waals surface area contributed by atoms with Crippen LogP contribution in [0.2, 0.25) is 0 Å². The van der Waals surface area contributed by atoms with E-state index in [1.54, 1.807) is 0 Å². The number of alkyl halides is 3. The second-order valence-electron chi connectivity index (χ2n) is 7.57. The van der Waals surface area contributed by atoms with Crippen LogP contribution in [0, 0.1) is 11.6 Å². The highest BCUT2D eigenvalue weighted by molar-refractivity contribution is 5.82. The molecule has 11 heteroatoms. The van der Waals surface area contributed by atoms with Crippen LogP contribution < -0.4 is 10.1 Å². The minimum atomic E-state index is -5.43. The molecule has 1 aliphatic carbocycles. The van der Waals surface area contributed by atoms with Crippen molar-refractivity contribution >= 4 is 12.1 Å². The van der Waals surface area contributed by atoms with Gasteiger partial charge in [-0.3, -0.25) is 0 Å². The molecule has 3 aromatic rings. The number of fused-ring (bicyclic) bond motifs is 3. The fourth-order valence-corrected chi connectivity index (χ4v) is 4.01. The van der Waals surface area contributed by atoms with Gasteiger partial charge in [-0.1, -0.05) is 54.6 Å². The summed E-state index contributed by atoms with van der Waals surface area (Å²) in [5, 5.41) is 11.3. The van der Waals surface area contributed by atoms with Gasteiger partial charge in [0.05, 0.1) is 0 Å². The Hall–Kier alpha value is -4.15. The van der Waals surface area contributed by atoms with Crippen LogP contribution in [-0.4, -0.2) is 30.1 Å². The lowest BCUT2D eigenvalue weighted by atomic mass is 9.98. The van der Waals surface area contributed by atoms with E-state index < -0.39 is 47.4 Å². The number of carboxylic acid groups (broad SMARTS) is 1. The van der Waals surface area contributed by atoms with Crippen LogP contribution in [0.5, 0.6) is 5.75 Å². The van der Waals surface area contributed by atoms with Crippen LogP contribution in [0.3, 0.4) is 0 Å². The number of hydrogen-bond acceptors (Lipinski definition) is 4. The van der Waals surface area contributed by atoms with E-state index in [1.807, 2.05) is 53.8 Å². The largest absolute Gasteiger partial charge is 0.573 e. The zero-order valence-electron chi connectivity index (χ0n) is 17.6. The van der Waals surface area contributed by atoms with E-state index in [2.05, 4.69) is 4.74 Å². The zero-order chi connectivity index (χ0) is 25.3. The minimum Gasteiger partial charge on any atom is -0.479 e. The van der Waals surface area contributed by atoms with Crippen LogP contribution in [0.15, 0.2) is 60.7 Å². The molecule has 2 N–H and O–H groups in total. The van der Waals surface area contributed by atoms with Crippen molar-refractivity contribution in [3.8, 4) is 16.9 Å². The van der Waals surface area contributed by atoms with Crippen molar-refractivity contribution in [2.75, 3.05) is 6.61 Å². The van der Waals surface area contributed by atoms with Gasteiger partial charge in [-0.2, -0.15) is 0 Å². The maximum Gasteiger partial charge on any atom is 0.573 e. The van der Waals surface area contributed by atoms with Gasteiger partial charge in [0.15, 0.2) is 17.7 Å². The number of benzene rings is 3. The number of nitrogens with one attached hydrogen (secondary N) is 1. The molecule has 1 amide bonds. The van der Waals surface area contributed by atoms with E-state index >= 15 is 0 Å². The molecule has 1 aliphatic rings. The Morgan fingerprint density at radius 3 is 2.06 bits per heavy atom. The topological polar surface area (TPSA) is 84.9 Å². The SMILES string of the molecule is O=C(NC(C(=O)O)c1ccc(F)c(OC(F)(F)F)c1F)OCC1c2ccccc2-c2ccccc21. The quantitative estimate of drug-likeness (QED) is 0.442. The molecule has 1 atom stereocenters. The van der Waals surface area contributed by atoms with Crippen LogP contribution in [0.25, 0.3) is 11.1 Å². The van der Waals surface area contributed by atoms with Crippen molar-refractivity contribution in [1.29, 1.82) is 0 Å². The van der Waals surface area contributed by atoms with Gasteiger partial charge < -0.3 is 19.9 Å². The number of aliphatic carboxylic acids is 1. The van der Waals surface area contributed by atoms with Crippen LogP contribution in [0.1, 0.15) is 28.7 Å². The number of alkyl carbamates (subject to hydrolysis) is 1. The third-order valence-corrected chi connectivity index (χ3v) is 5.46. The van der Waals surface area contributed by atoms with Gasteiger partial charge in [0.2, 0.25) is 5.75 Å². The summed E-state index contributed by atoms with van der Waals surface area (Å²) >= 11 is 0. The smallest absolute Gasteiger partial charge is 0.479 e. The molecule has 0 fully saturated rings. The second kappa shape index (κ2) is 9.24. The molecule has 182 valence electrons. The standard InChI is InChI=1S/C24H16F5NO5/c25-18-10-9-16(19(26)21(18)35-24(27,28)29)20(22(31)32)30-23(33)34-11-17-14-7-3-1-5-12(14)13-6-2-4-8-15(13)17/h1-10,17,20H,11H2,(H,30,33)(H,31,32). The Kier molecular flexibility index (Phi) is 6.33. The number of hydrogen-bond donors (Lipinski definition) is 2. The molecule has 35 heavy (non-hydrogen) atoms. The highest BCUT2D eigenvalue weighted by atomic mass is 19.4. The minimum absolute atomic E-state index is 0.194. The summed E-state index contributed by atoms with van der Waals surface area (Å²) in [4.78, 5) is 24.1. The molecule has 0 radical (unpaired) electrons. The normalized spacial score (nSPS) is 13.5. The Morgan fingerprint density at radius 2 is 1.51 bits per heavy atom. The third-order valence-electron chi connectivity index (χ3n) is 5.46. The number of halogens is 5. The molecule has 0 aliphatic heterocycles. The molecular weight excluding hydrogens is 477 g/mol. The van der Waals surface area contributed by atoms with Crippen molar-refractivity contribution in [1.82, 2.24) is 5.32 Å². The van der Waals surface area contributed by atoms with Crippen LogP contribution in [-0.2, 0) is 9.53 Å². The average Bonchev–Trinajstić information content (AvgIpc) is 3.12.